The zero-order chi connectivity index (χ0) is 17.0. The van der Waals surface area contributed by atoms with E-state index in [-0.39, 0.29) is 18.4 Å². The molecule has 132 valence electrons. The van der Waals surface area contributed by atoms with Gasteiger partial charge in [0.1, 0.15) is 6.61 Å². The Labute approximate surface area is 146 Å². The van der Waals surface area contributed by atoms with Gasteiger partial charge in [-0.15, -0.1) is 0 Å². The topological polar surface area (TPSA) is 70.7 Å². The first kappa shape index (κ1) is 15.3. The van der Waals surface area contributed by atoms with E-state index in [0.29, 0.717) is 23.9 Å². The largest absolute Gasteiger partial charge is 0.356 e. The molecule has 0 aliphatic carbocycles. The Bertz CT molecular complexity index is 676. The normalized spacial score (nSPS) is 39.4. The number of carbonyl (C=O) groups is 2. The van der Waals surface area contributed by atoms with Crippen LogP contribution in [0.15, 0.2) is 30.3 Å². The third kappa shape index (κ3) is 2.31. The summed E-state index contributed by atoms with van der Waals surface area (Å²) in [5.41, 5.74) is 0.919. The van der Waals surface area contributed by atoms with Gasteiger partial charge in [-0.05, 0) is 30.2 Å². The fourth-order valence-electron chi connectivity index (χ4n) is 5.43. The van der Waals surface area contributed by atoms with Gasteiger partial charge >= 0.3 is 0 Å². The maximum atomic E-state index is 13.4. The van der Waals surface area contributed by atoms with Crippen molar-refractivity contribution in [2.45, 2.75) is 37.1 Å². The van der Waals surface area contributed by atoms with Crippen molar-refractivity contribution in [1.29, 1.82) is 0 Å². The highest BCUT2D eigenvalue weighted by atomic mass is 16.5. The zero-order valence-electron chi connectivity index (χ0n) is 14.1. The molecule has 4 heterocycles. The summed E-state index contributed by atoms with van der Waals surface area (Å²) < 4.78 is 5.76. The summed E-state index contributed by atoms with van der Waals surface area (Å²) in [5, 5.41) is 6.44. The fraction of sp³-hybridized carbons (Fsp3) is 0.579. The summed E-state index contributed by atoms with van der Waals surface area (Å²) in [6.07, 6.45) is 1.55. The van der Waals surface area contributed by atoms with Crippen LogP contribution in [0.4, 0.5) is 0 Å². The van der Waals surface area contributed by atoms with E-state index in [0.717, 1.165) is 31.5 Å². The van der Waals surface area contributed by atoms with Crippen LogP contribution >= 0.6 is 0 Å². The SMILES string of the molecule is O=C1CO[C@H](C(=O)N2[C@@H]3CC[C@H]2[C@H]2CNC[C@H]23)[C@@H](c2ccccc2)N1. The molecule has 25 heavy (non-hydrogen) atoms. The second-order valence-electron chi connectivity index (χ2n) is 7.63. The van der Waals surface area contributed by atoms with Gasteiger partial charge < -0.3 is 20.3 Å². The Kier molecular flexibility index (Phi) is 3.57. The Balaban J connectivity index is 1.43. The number of nitrogens with one attached hydrogen (secondary N) is 2. The Morgan fingerprint density at radius 2 is 1.76 bits per heavy atom. The molecule has 0 unspecified atom stereocenters. The van der Waals surface area contributed by atoms with E-state index in [4.69, 9.17) is 4.74 Å². The molecular formula is C19H23N3O3. The second-order valence-corrected chi connectivity index (χ2v) is 7.63. The van der Waals surface area contributed by atoms with Gasteiger partial charge in [-0.1, -0.05) is 30.3 Å². The highest BCUT2D eigenvalue weighted by Gasteiger charge is 2.57. The quantitative estimate of drug-likeness (QED) is 0.820. The summed E-state index contributed by atoms with van der Waals surface area (Å²) in [6, 6.07) is 9.91. The van der Waals surface area contributed by atoms with Crippen LogP contribution in [0.2, 0.25) is 0 Å². The molecule has 6 nitrogen and oxygen atoms in total. The molecule has 6 atom stereocenters. The van der Waals surface area contributed by atoms with Gasteiger partial charge in [-0.25, -0.2) is 0 Å². The van der Waals surface area contributed by atoms with Gasteiger partial charge in [0.25, 0.3) is 5.91 Å². The predicted molar refractivity (Wildman–Crippen MR) is 90.6 cm³/mol. The molecule has 4 aliphatic rings. The van der Waals surface area contributed by atoms with Gasteiger partial charge in [0, 0.05) is 25.2 Å². The molecule has 1 aromatic carbocycles. The lowest BCUT2D eigenvalue weighted by atomic mass is 9.82. The first-order valence-corrected chi connectivity index (χ1v) is 9.23. The van der Waals surface area contributed by atoms with Crippen LogP contribution in [0.3, 0.4) is 0 Å². The molecule has 0 aromatic heterocycles. The van der Waals surface area contributed by atoms with Gasteiger partial charge in [-0.3, -0.25) is 9.59 Å². The van der Waals surface area contributed by atoms with Crippen molar-refractivity contribution >= 4 is 11.8 Å². The molecule has 2 bridgehead atoms. The number of hydrogen-bond donors (Lipinski definition) is 2. The first-order chi connectivity index (χ1) is 12.2. The molecule has 0 spiro atoms. The minimum absolute atomic E-state index is 0.0443. The maximum Gasteiger partial charge on any atom is 0.254 e. The van der Waals surface area contributed by atoms with Crippen molar-refractivity contribution in [1.82, 2.24) is 15.5 Å². The lowest BCUT2D eigenvalue weighted by molar-refractivity contribution is -0.156. The molecule has 4 saturated heterocycles. The van der Waals surface area contributed by atoms with Crippen molar-refractivity contribution in [2.75, 3.05) is 19.7 Å². The summed E-state index contributed by atoms with van der Waals surface area (Å²) in [7, 11) is 0. The van der Waals surface area contributed by atoms with Gasteiger partial charge in [0.05, 0.1) is 6.04 Å². The molecule has 4 fully saturated rings. The van der Waals surface area contributed by atoms with E-state index in [9.17, 15) is 9.59 Å². The number of rotatable bonds is 2. The lowest BCUT2D eigenvalue weighted by Crippen LogP contribution is -2.55. The molecule has 0 saturated carbocycles. The average molecular weight is 341 g/mol. The van der Waals surface area contributed by atoms with Crippen molar-refractivity contribution in [2.24, 2.45) is 11.8 Å². The number of morpholine rings is 1. The Morgan fingerprint density at radius 1 is 1.08 bits per heavy atom. The maximum absolute atomic E-state index is 13.4. The number of amides is 2. The molecule has 2 amide bonds. The van der Waals surface area contributed by atoms with E-state index >= 15 is 0 Å². The number of nitrogens with zero attached hydrogens (tertiary/aromatic N) is 1. The van der Waals surface area contributed by atoms with E-state index in [1.54, 1.807) is 0 Å². The highest BCUT2D eigenvalue weighted by molar-refractivity contribution is 5.87. The van der Waals surface area contributed by atoms with Gasteiger partial charge in [0.2, 0.25) is 5.91 Å². The fourth-order valence-corrected chi connectivity index (χ4v) is 5.43. The van der Waals surface area contributed by atoms with E-state index in [1.807, 2.05) is 30.3 Å². The smallest absolute Gasteiger partial charge is 0.254 e. The van der Waals surface area contributed by atoms with Crippen LogP contribution in [0.25, 0.3) is 0 Å². The summed E-state index contributed by atoms with van der Waals surface area (Å²) in [6.45, 7) is 1.98. The molecule has 4 aliphatic heterocycles. The van der Waals surface area contributed by atoms with Crippen LogP contribution < -0.4 is 10.6 Å². The average Bonchev–Trinajstić information content (AvgIpc) is 3.34. The van der Waals surface area contributed by atoms with Gasteiger partial charge in [0.15, 0.2) is 6.10 Å². The third-order valence-electron chi connectivity index (χ3n) is 6.44. The van der Waals surface area contributed by atoms with Gasteiger partial charge in [-0.2, -0.15) is 0 Å². The van der Waals surface area contributed by atoms with Crippen LogP contribution in [0.1, 0.15) is 24.4 Å². The standard InChI is InChI=1S/C19H23N3O3/c23-16-10-25-18(17(21-16)11-4-2-1-3-5-11)19(24)22-14-6-7-15(22)13-9-20-8-12(13)14/h1-5,12-15,17-18,20H,6-10H2,(H,21,23)/t12-,13+,14-,15+,17-,18+/m1/s1. The Hall–Kier alpha value is -1.92. The number of ether oxygens (including phenoxy) is 1. The molecule has 2 N–H and O–H groups in total. The predicted octanol–water partition coefficient (Wildman–Crippen LogP) is 0.452. The third-order valence-corrected chi connectivity index (χ3v) is 6.44. The van der Waals surface area contributed by atoms with E-state index in [2.05, 4.69) is 15.5 Å². The summed E-state index contributed by atoms with van der Waals surface area (Å²) in [4.78, 5) is 27.4. The molecule has 0 radical (unpaired) electrons. The number of carbonyl (C=O) groups excluding carboxylic acids is 2. The van der Waals surface area contributed by atoms with Crippen LogP contribution in [0.5, 0.6) is 0 Å². The zero-order valence-corrected chi connectivity index (χ0v) is 14.1. The molecule has 5 rings (SSSR count). The minimum Gasteiger partial charge on any atom is -0.356 e. The minimum atomic E-state index is -0.630. The van der Waals surface area contributed by atoms with E-state index < -0.39 is 12.1 Å². The number of fused-ring (bicyclic) bond motifs is 5. The summed E-state index contributed by atoms with van der Waals surface area (Å²) >= 11 is 0. The molecule has 1 aromatic rings. The lowest BCUT2D eigenvalue weighted by Gasteiger charge is -2.36. The van der Waals surface area contributed by atoms with Crippen molar-refractivity contribution in [3.63, 3.8) is 0 Å². The van der Waals surface area contributed by atoms with E-state index in [1.165, 1.54) is 0 Å². The van der Waals surface area contributed by atoms with Crippen LogP contribution in [0, 0.1) is 11.8 Å². The van der Waals surface area contributed by atoms with Crippen molar-refractivity contribution < 1.29 is 14.3 Å². The second kappa shape index (κ2) is 5.81. The van der Waals surface area contributed by atoms with Crippen LogP contribution in [-0.2, 0) is 14.3 Å². The number of benzene rings is 1. The highest BCUT2D eigenvalue weighted by Crippen LogP contribution is 2.48. The molecular weight excluding hydrogens is 318 g/mol. The molecule has 6 heteroatoms. The first-order valence-electron chi connectivity index (χ1n) is 9.23. The number of hydrogen-bond acceptors (Lipinski definition) is 4. The monoisotopic (exact) mass is 341 g/mol. The van der Waals surface area contributed by atoms with Crippen molar-refractivity contribution in [3.05, 3.63) is 35.9 Å². The Morgan fingerprint density at radius 3 is 2.44 bits per heavy atom. The van der Waals surface area contributed by atoms with Crippen molar-refractivity contribution in [3.8, 4) is 0 Å². The summed E-state index contributed by atoms with van der Waals surface area (Å²) in [5.74, 6) is 1.05. The van der Waals surface area contributed by atoms with Crippen LogP contribution in [-0.4, -0.2) is 54.6 Å².